The average molecular weight is 635 g/mol. The molecule has 1 aromatic rings. The number of hydrogen-bond acceptors (Lipinski definition) is 11. The van der Waals surface area contributed by atoms with Gasteiger partial charge in [-0.05, 0) is 106 Å². The number of carboxylic acids is 1. The minimum Gasteiger partial charge on any atom is -0.480 e. The van der Waals surface area contributed by atoms with Gasteiger partial charge in [0.15, 0.2) is 0 Å². The van der Waals surface area contributed by atoms with E-state index >= 15 is 0 Å². The Bertz CT molecular complexity index is 988. The van der Waals surface area contributed by atoms with Gasteiger partial charge in [0, 0.05) is 35.2 Å². The summed E-state index contributed by atoms with van der Waals surface area (Å²) in [7, 11) is 3.55. The first-order chi connectivity index (χ1) is 21.0. The van der Waals surface area contributed by atoms with Crippen LogP contribution in [0.2, 0.25) is 0 Å². The lowest BCUT2D eigenvalue weighted by Crippen LogP contribution is -2.59. The van der Waals surface area contributed by atoms with Crippen molar-refractivity contribution in [2.45, 2.75) is 142 Å². The molecule has 258 valence electrons. The zero-order valence-electron chi connectivity index (χ0n) is 29.8. The van der Waals surface area contributed by atoms with Crippen LogP contribution in [0.15, 0.2) is 0 Å². The highest BCUT2D eigenvalue weighted by molar-refractivity contribution is 5.72. The van der Waals surface area contributed by atoms with E-state index in [1.165, 1.54) is 12.8 Å². The van der Waals surface area contributed by atoms with Gasteiger partial charge in [-0.15, -0.1) is 0 Å². The van der Waals surface area contributed by atoms with E-state index in [-0.39, 0.29) is 34.6 Å². The Morgan fingerprint density at radius 2 is 1.00 bits per heavy atom. The van der Waals surface area contributed by atoms with Crippen molar-refractivity contribution in [3.8, 4) is 0 Å². The van der Waals surface area contributed by atoms with Crippen LogP contribution < -0.4 is 16.0 Å². The Hall–Kier alpha value is -2.28. The van der Waals surface area contributed by atoms with Crippen LogP contribution in [-0.2, 0) is 14.5 Å². The van der Waals surface area contributed by atoms with E-state index < -0.39 is 5.97 Å². The van der Waals surface area contributed by atoms with Gasteiger partial charge in [-0.2, -0.15) is 25.1 Å². The van der Waals surface area contributed by atoms with Crippen molar-refractivity contribution in [1.82, 2.24) is 25.1 Å². The van der Waals surface area contributed by atoms with Crippen LogP contribution in [0.1, 0.15) is 120 Å². The van der Waals surface area contributed by atoms with Gasteiger partial charge in [-0.1, -0.05) is 25.7 Å². The maximum absolute atomic E-state index is 11.1. The summed E-state index contributed by atoms with van der Waals surface area (Å²) in [5, 5.41) is 22.9. The summed E-state index contributed by atoms with van der Waals surface area (Å²) >= 11 is 0. The lowest BCUT2D eigenvalue weighted by atomic mass is 9.73. The molecule has 2 fully saturated rings. The van der Waals surface area contributed by atoms with Crippen molar-refractivity contribution in [3.63, 3.8) is 0 Å². The standard InChI is InChI=1S/C33H62N8O4/c1-30(2)19-24(20-31(3,4)40(30)44-9)15-11-13-17-34-27-37-28(39-29(38-27)36-23-26(42)43)35-18-14-12-16-25-21-32(5,6)41(45-10)33(7,8)22-25/h24-25H,11-23H2,1-10H3,(H,42,43)(H3,34,35,36,37,38,39). The molecule has 2 saturated heterocycles. The smallest absolute Gasteiger partial charge is 0.322 e. The molecular formula is C33H62N8O4. The molecule has 1 aromatic heterocycles. The number of aromatic nitrogens is 3. The molecule has 0 saturated carbocycles. The van der Waals surface area contributed by atoms with Gasteiger partial charge in [-0.3, -0.25) is 4.79 Å². The molecule has 0 radical (unpaired) electrons. The number of carboxylic acid groups (broad SMARTS) is 1. The number of aliphatic carboxylic acids is 1. The van der Waals surface area contributed by atoms with Crippen molar-refractivity contribution in [2.75, 3.05) is 49.8 Å². The number of piperidine rings is 2. The Morgan fingerprint density at radius 3 is 1.31 bits per heavy atom. The van der Waals surface area contributed by atoms with Crippen LogP contribution in [0.4, 0.5) is 17.8 Å². The van der Waals surface area contributed by atoms with Crippen LogP contribution in [0, 0.1) is 11.8 Å². The molecule has 0 amide bonds. The summed E-state index contributed by atoms with van der Waals surface area (Å²) in [6.07, 6.45) is 11.0. The highest BCUT2D eigenvalue weighted by atomic mass is 16.7. The van der Waals surface area contributed by atoms with E-state index in [4.69, 9.17) is 14.8 Å². The van der Waals surface area contributed by atoms with Gasteiger partial charge in [0.05, 0.1) is 14.2 Å². The predicted octanol–water partition coefficient (Wildman–Crippen LogP) is 6.19. The fourth-order valence-corrected chi connectivity index (χ4v) is 8.62. The Morgan fingerprint density at radius 1 is 0.667 bits per heavy atom. The molecule has 0 atom stereocenters. The first kappa shape index (κ1) is 37.2. The molecule has 0 bridgehead atoms. The maximum Gasteiger partial charge on any atom is 0.322 e. The summed E-state index contributed by atoms with van der Waals surface area (Å²) in [6.45, 7) is 19.3. The molecule has 3 rings (SSSR count). The molecular weight excluding hydrogens is 572 g/mol. The lowest BCUT2D eigenvalue weighted by molar-refractivity contribution is -0.272. The fraction of sp³-hybridized carbons (Fsp3) is 0.879. The molecule has 0 spiro atoms. The van der Waals surface area contributed by atoms with Crippen molar-refractivity contribution in [1.29, 1.82) is 0 Å². The quantitative estimate of drug-likeness (QED) is 0.145. The summed E-state index contributed by atoms with van der Waals surface area (Å²) in [5.74, 6) is 1.48. The SMILES string of the molecule is CON1C(C)(C)CC(CCCCNc2nc(NCCCCC3CC(C)(C)N(OC)C(C)(C)C3)nc(NCC(=O)O)n2)CC1(C)C. The summed E-state index contributed by atoms with van der Waals surface area (Å²) < 4.78 is 0. The molecule has 12 heteroatoms. The first-order valence-corrected chi connectivity index (χ1v) is 16.9. The number of nitrogens with one attached hydrogen (secondary N) is 3. The lowest BCUT2D eigenvalue weighted by Gasteiger charge is -2.53. The maximum atomic E-state index is 11.1. The summed E-state index contributed by atoms with van der Waals surface area (Å²) in [4.78, 5) is 36.0. The van der Waals surface area contributed by atoms with Gasteiger partial charge < -0.3 is 30.7 Å². The normalized spacial score (nSPS) is 21.8. The van der Waals surface area contributed by atoms with Crippen LogP contribution in [0.3, 0.4) is 0 Å². The van der Waals surface area contributed by atoms with E-state index in [1.807, 2.05) is 0 Å². The first-order valence-electron chi connectivity index (χ1n) is 16.9. The van der Waals surface area contributed by atoms with Crippen molar-refractivity contribution in [3.05, 3.63) is 0 Å². The van der Waals surface area contributed by atoms with E-state index in [9.17, 15) is 4.79 Å². The minimum absolute atomic E-state index is 0.00277. The van der Waals surface area contributed by atoms with E-state index in [1.54, 1.807) is 14.2 Å². The van der Waals surface area contributed by atoms with E-state index in [0.29, 0.717) is 23.7 Å². The van der Waals surface area contributed by atoms with E-state index in [2.05, 4.69) is 96.4 Å². The number of anilines is 3. The Labute approximate surface area is 271 Å². The number of hydroxylamine groups is 4. The molecule has 4 N–H and O–H groups in total. The Balaban J connectivity index is 1.47. The molecule has 2 aliphatic rings. The molecule has 0 aromatic carbocycles. The number of hydrogen-bond donors (Lipinski definition) is 4. The van der Waals surface area contributed by atoms with Crippen LogP contribution in [0.25, 0.3) is 0 Å². The summed E-state index contributed by atoms with van der Waals surface area (Å²) in [6, 6.07) is 0. The van der Waals surface area contributed by atoms with Crippen molar-refractivity contribution >= 4 is 23.8 Å². The molecule has 2 aliphatic heterocycles. The average Bonchev–Trinajstić information content (AvgIpc) is 2.89. The van der Waals surface area contributed by atoms with Gasteiger partial charge in [-0.25, -0.2) is 0 Å². The minimum atomic E-state index is -0.968. The third kappa shape index (κ3) is 10.6. The number of unbranched alkanes of at least 4 members (excludes halogenated alkanes) is 2. The van der Waals surface area contributed by atoms with Crippen molar-refractivity contribution in [2.24, 2.45) is 11.8 Å². The third-order valence-electron chi connectivity index (χ3n) is 9.39. The number of carbonyl (C=O) groups is 1. The van der Waals surface area contributed by atoms with Crippen molar-refractivity contribution < 1.29 is 19.6 Å². The molecule has 12 nitrogen and oxygen atoms in total. The van der Waals surface area contributed by atoms with E-state index in [0.717, 1.165) is 64.5 Å². The second-order valence-corrected chi connectivity index (χ2v) is 15.7. The van der Waals surface area contributed by atoms with Crippen LogP contribution in [-0.4, -0.2) is 92.2 Å². The van der Waals surface area contributed by atoms with Crippen LogP contribution in [0.5, 0.6) is 0 Å². The highest BCUT2D eigenvalue weighted by Gasteiger charge is 2.46. The highest BCUT2D eigenvalue weighted by Crippen LogP contribution is 2.44. The Kier molecular flexibility index (Phi) is 12.8. The monoisotopic (exact) mass is 634 g/mol. The molecule has 0 unspecified atom stereocenters. The topological polar surface area (TPSA) is 137 Å². The second kappa shape index (κ2) is 15.5. The van der Waals surface area contributed by atoms with Gasteiger partial charge in [0.1, 0.15) is 6.54 Å². The summed E-state index contributed by atoms with van der Waals surface area (Å²) in [5.41, 5.74) is 0.0111. The van der Waals surface area contributed by atoms with Crippen LogP contribution >= 0.6 is 0 Å². The largest absolute Gasteiger partial charge is 0.480 e. The number of rotatable bonds is 17. The second-order valence-electron chi connectivity index (χ2n) is 15.7. The molecule has 3 heterocycles. The zero-order chi connectivity index (χ0) is 33.5. The van der Waals surface area contributed by atoms with Gasteiger partial charge in [0.25, 0.3) is 0 Å². The number of nitrogens with zero attached hydrogens (tertiary/aromatic N) is 5. The molecule has 45 heavy (non-hydrogen) atoms. The zero-order valence-corrected chi connectivity index (χ0v) is 29.8. The van der Waals surface area contributed by atoms with Gasteiger partial charge in [0.2, 0.25) is 17.8 Å². The third-order valence-corrected chi connectivity index (χ3v) is 9.39. The molecule has 0 aliphatic carbocycles. The predicted molar refractivity (Wildman–Crippen MR) is 180 cm³/mol. The van der Waals surface area contributed by atoms with Gasteiger partial charge >= 0.3 is 5.97 Å². The fourth-order valence-electron chi connectivity index (χ4n) is 8.62.